The highest BCUT2D eigenvalue weighted by molar-refractivity contribution is 7.91. The molecule has 1 aromatic heterocycles. The lowest BCUT2D eigenvalue weighted by molar-refractivity contribution is 0.234. The van der Waals surface area contributed by atoms with Gasteiger partial charge in [0, 0.05) is 11.9 Å². The fourth-order valence-electron chi connectivity index (χ4n) is 1.49. The maximum Gasteiger partial charge on any atom is 0.341 e. The van der Waals surface area contributed by atoms with Crippen LogP contribution in [0.1, 0.15) is 5.69 Å². The molecule has 0 unspecified atom stereocenters. The number of hydrogen-bond donors (Lipinski definition) is 1. The molecule has 5 nitrogen and oxygen atoms in total. The summed E-state index contributed by atoms with van der Waals surface area (Å²) in [6, 6.07) is 8.64. The Morgan fingerprint density at radius 2 is 1.85 bits per heavy atom. The van der Waals surface area contributed by atoms with Crippen molar-refractivity contribution in [1.82, 2.24) is 10.2 Å². The van der Waals surface area contributed by atoms with E-state index in [0.717, 1.165) is 12.1 Å². The van der Waals surface area contributed by atoms with Gasteiger partial charge >= 0.3 is 5.76 Å². The monoisotopic (exact) mass is 299 g/mol. The lowest BCUT2D eigenvalue weighted by Crippen LogP contribution is -2.11. The van der Waals surface area contributed by atoms with Crippen LogP contribution < -0.4 is 5.32 Å². The SMILES string of the molecule is O=S(=O)(c1ccc(NCc2cccnn2)cc1)C(F)F. The Morgan fingerprint density at radius 1 is 1.15 bits per heavy atom. The van der Waals surface area contributed by atoms with Crippen molar-refractivity contribution in [2.24, 2.45) is 0 Å². The first-order valence-electron chi connectivity index (χ1n) is 5.63. The molecule has 20 heavy (non-hydrogen) atoms. The molecule has 0 saturated carbocycles. The predicted molar refractivity (Wildman–Crippen MR) is 69.0 cm³/mol. The lowest BCUT2D eigenvalue weighted by Gasteiger charge is -2.07. The van der Waals surface area contributed by atoms with E-state index in [1.165, 1.54) is 12.1 Å². The number of sulfone groups is 1. The van der Waals surface area contributed by atoms with Crippen molar-refractivity contribution in [3.8, 4) is 0 Å². The summed E-state index contributed by atoms with van der Waals surface area (Å²) in [5.41, 5.74) is 1.31. The number of rotatable bonds is 5. The molecule has 1 aromatic carbocycles. The maximum absolute atomic E-state index is 12.3. The number of anilines is 1. The van der Waals surface area contributed by atoms with Crippen molar-refractivity contribution >= 4 is 15.5 Å². The van der Waals surface area contributed by atoms with Gasteiger partial charge in [-0.3, -0.25) is 0 Å². The van der Waals surface area contributed by atoms with E-state index in [2.05, 4.69) is 15.5 Å². The van der Waals surface area contributed by atoms with Gasteiger partial charge in [-0.25, -0.2) is 8.42 Å². The van der Waals surface area contributed by atoms with E-state index >= 15 is 0 Å². The zero-order chi connectivity index (χ0) is 14.6. The van der Waals surface area contributed by atoms with Crippen LogP contribution in [0.2, 0.25) is 0 Å². The van der Waals surface area contributed by atoms with Gasteiger partial charge in [0.2, 0.25) is 9.84 Å². The summed E-state index contributed by atoms with van der Waals surface area (Å²) in [4.78, 5) is -0.405. The van der Waals surface area contributed by atoms with Crippen LogP contribution in [0.25, 0.3) is 0 Å². The molecule has 106 valence electrons. The molecule has 2 rings (SSSR count). The van der Waals surface area contributed by atoms with Gasteiger partial charge in [-0.05, 0) is 36.4 Å². The first-order valence-corrected chi connectivity index (χ1v) is 7.17. The number of alkyl halides is 2. The second kappa shape index (κ2) is 5.91. The van der Waals surface area contributed by atoms with E-state index < -0.39 is 20.5 Å². The number of hydrogen-bond acceptors (Lipinski definition) is 5. The summed E-state index contributed by atoms with van der Waals surface area (Å²) in [5.74, 6) is -3.42. The van der Waals surface area contributed by atoms with Crippen molar-refractivity contribution in [3.05, 3.63) is 48.3 Å². The average Bonchev–Trinajstić information content (AvgIpc) is 2.46. The Morgan fingerprint density at radius 3 is 2.40 bits per heavy atom. The van der Waals surface area contributed by atoms with Gasteiger partial charge in [-0.2, -0.15) is 19.0 Å². The third-order valence-electron chi connectivity index (χ3n) is 2.52. The molecule has 0 atom stereocenters. The molecule has 0 bridgehead atoms. The third kappa shape index (κ3) is 3.27. The molecule has 1 heterocycles. The Balaban J connectivity index is 2.06. The van der Waals surface area contributed by atoms with E-state index in [4.69, 9.17) is 0 Å². The van der Waals surface area contributed by atoms with Crippen molar-refractivity contribution in [2.45, 2.75) is 17.2 Å². The summed E-state index contributed by atoms with van der Waals surface area (Å²) >= 11 is 0. The first-order chi connectivity index (χ1) is 9.50. The molecule has 8 heteroatoms. The predicted octanol–water partition coefficient (Wildman–Crippen LogP) is 2.08. The molecule has 0 aliphatic carbocycles. The number of halogens is 2. The highest BCUT2D eigenvalue weighted by Crippen LogP contribution is 2.20. The standard InChI is InChI=1S/C12H11F2N3O2S/c13-12(14)20(18,19)11-5-3-9(4-6-11)15-8-10-2-1-7-16-17-10/h1-7,12,15H,8H2. The number of benzene rings is 1. The highest BCUT2D eigenvalue weighted by atomic mass is 32.2. The lowest BCUT2D eigenvalue weighted by atomic mass is 10.3. The number of aromatic nitrogens is 2. The molecule has 0 aliphatic heterocycles. The second-order valence-electron chi connectivity index (χ2n) is 3.90. The molecule has 0 fully saturated rings. The van der Waals surface area contributed by atoms with Crippen LogP contribution in [0.5, 0.6) is 0 Å². The topological polar surface area (TPSA) is 72.0 Å². The van der Waals surface area contributed by atoms with Gasteiger partial charge < -0.3 is 5.32 Å². The largest absolute Gasteiger partial charge is 0.379 e. The van der Waals surface area contributed by atoms with E-state index in [1.54, 1.807) is 18.3 Å². The van der Waals surface area contributed by atoms with E-state index in [-0.39, 0.29) is 0 Å². The molecule has 0 radical (unpaired) electrons. The molecule has 0 spiro atoms. The van der Waals surface area contributed by atoms with Crippen molar-refractivity contribution in [1.29, 1.82) is 0 Å². The Hall–Kier alpha value is -2.09. The molecule has 2 aromatic rings. The summed E-state index contributed by atoms with van der Waals surface area (Å²) in [6.45, 7) is 0.398. The van der Waals surface area contributed by atoms with Crippen LogP contribution in [0.15, 0.2) is 47.5 Å². The molecule has 0 saturated heterocycles. The molecular weight excluding hydrogens is 288 g/mol. The van der Waals surface area contributed by atoms with E-state index in [1.807, 2.05) is 0 Å². The molecule has 0 aliphatic rings. The van der Waals surface area contributed by atoms with Crippen LogP contribution in [-0.4, -0.2) is 24.4 Å². The Labute approximate surface area is 114 Å². The van der Waals surface area contributed by atoms with Gasteiger partial charge in [0.15, 0.2) is 0 Å². The summed E-state index contributed by atoms with van der Waals surface area (Å²) < 4.78 is 47.2. The normalized spacial score (nSPS) is 11.6. The van der Waals surface area contributed by atoms with Crippen molar-refractivity contribution in [2.75, 3.05) is 5.32 Å². The third-order valence-corrected chi connectivity index (χ3v) is 3.92. The second-order valence-corrected chi connectivity index (χ2v) is 5.82. The van der Waals surface area contributed by atoms with Gasteiger partial charge in [-0.1, -0.05) is 0 Å². The fourth-order valence-corrected chi connectivity index (χ4v) is 2.21. The first kappa shape index (κ1) is 14.3. The van der Waals surface area contributed by atoms with Gasteiger partial charge in [0.25, 0.3) is 0 Å². The van der Waals surface area contributed by atoms with E-state index in [9.17, 15) is 17.2 Å². The molecule has 1 N–H and O–H groups in total. The zero-order valence-electron chi connectivity index (χ0n) is 10.2. The van der Waals surface area contributed by atoms with Crippen LogP contribution in [-0.2, 0) is 16.4 Å². The summed E-state index contributed by atoms with van der Waals surface area (Å²) in [5, 5.41) is 10.6. The average molecular weight is 299 g/mol. The van der Waals surface area contributed by atoms with Gasteiger partial charge in [0.05, 0.1) is 17.1 Å². The van der Waals surface area contributed by atoms with Crippen molar-refractivity contribution in [3.63, 3.8) is 0 Å². The Bertz CT molecular complexity index is 661. The van der Waals surface area contributed by atoms with Gasteiger partial charge in [-0.15, -0.1) is 0 Å². The van der Waals surface area contributed by atoms with Crippen LogP contribution in [0, 0.1) is 0 Å². The maximum atomic E-state index is 12.3. The van der Waals surface area contributed by atoms with Crippen LogP contribution in [0.3, 0.4) is 0 Å². The van der Waals surface area contributed by atoms with Crippen molar-refractivity contribution < 1.29 is 17.2 Å². The fraction of sp³-hybridized carbons (Fsp3) is 0.167. The zero-order valence-corrected chi connectivity index (χ0v) is 11.0. The highest BCUT2D eigenvalue weighted by Gasteiger charge is 2.26. The number of nitrogens with zero attached hydrogens (tertiary/aromatic N) is 2. The summed E-state index contributed by atoms with van der Waals surface area (Å²) in [7, 11) is -4.54. The molecule has 0 amide bonds. The minimum atomic E-state index is -4.54. The minimum Gasteiger partial charge on any atom is -0.379 e. The molecular formula is C12H11F2N3O2S. The van der Waals surface area contributed by atoms with Crippen LogP contribution in [0.4, 0.5) is 14.5 Å². The van der Waals surface area contributed by atoms with Gasteiger partial charge in [0.1, 0.15) is 0 Å². The quantitative estimate of drug-likeness (QED) is 0.915. The summed E-state index contributed by atoms with van der Waals surface area (Å²) in [6.07, 6.45) is 1.55. The Kier molecular flexibility index (Phi) is 4.23. The van der Waals surface area contributed by atoms with Crippen LogP contribution >= 0.6 is 0 Å². The smallest absolute Gasteiger partial charge is 0.341 e. The van der Waals surface area contributed by atoms with E-state index in [0.29, 0.717) is 17.9 Å². The minimum absolute atomic E-state index is 0.398. The number of nitrogens with one attached hydrogen (secondary N) is 1.